The highest BCUT2D eigenvalue weighted by Gasteiger charge is 2.26. The molecule has 7 heteroatoms. The Bertz CT molecular complexity index is 1220. The van der Waals surface area contributed by atoms with Crippen molar-refractivity contribution in [3.8, 4) is 5.75 Å². The second-order valence-corrected chi connectivity index (χ2v) is 9.04. The van der Waals surface area contributed by atoms with Crippen molar-refractivity contribution in [2.45, 2.75) is 19.9 Å². The van der Waals surface area contributed by atoms with Gasteiger partial charge in [0.1, 0.15) is 5.75 Å². The van der Waals surface area contributed by atoms with Gasteiger partial charge in [-0.1, -0.05) is 18.2 Å². The molecule has 1 amide bonds. The number of hydrogen-bond acceptors (Lipinski definition) is 5. The van der Waals surface area contributed by atoms with E-state index in [1.807, 2.05) is 47.6 Å². The van der Waals surface area contributed by atoms with Crippen LogP contribution in [0.4, 0.5) is 5.69 Å². The number of rotatable bonds is 5. The highest BCUT2D eigenvalue weighted by Crippen LogP contribution is 2.36. The number of methoxy groups -OCH3 is 1. The van der Waals surface area contributed by atoms with Crippen LogP contribution in [0.2, 0.25) is 0 Å². The molecule has 1 saturated heterocycles. The van der Waals surface area contributed by atoms with E-state index in [9.17, 15) is 4.79 Å². The van der Waals surface area contributed by atoms with Crippen LogP contribution in [0.1, 0.15) is 29.9 Å². The number of aromatic nitrogens is 1. The Balaban J connectivity index is 1.41. The van der Waals surface area contributed by atoms with Crippen LogP contribution in [-0.4, -0.2) is 72.8 Å². The molecular weight excluding hydrogens is 426 g/mol. The van der Waals surface area contributed by atoms with E-state index >= 15 is 0 Å². The first-order valence-corrected chi connectivity index (χ1v) is 11.8. The van der Waals surface area contributed by atoms with E-state index in [4.69, 9.17) is 4.74 Å². The van der Waals surface area contributed by atoms with Crippen molar-refractivity contribution in [3.05, 3.63) is 66.0 Å². The van der Waals surface area contributed by atoms with Crippen LogP contribution in [0.3, 0.4) is 0 Å². The average Bonchev–Trinajstić information content (AvgIpc) is 3.32. The number of benzene rings is 2. The third-order valence-corrected chi connectivity index (χ3v) is 6.71. The molecule has 3 heterocycles. The van der Waals surface area contributed by atoms with E-state index < -0.39 is 0 Å². The normalized spacial score (nSPS) is 16.9. The Morgan fingerprint density at radius 2 is 1.85 bits per heavy atom. The summed E-state index contributed by atoms with van der Waals surface area (Å²) in [7, 11) is 1.65. The standard InChI is InChI=1S/C27H31N5O2/c1-19(2)30-12-14-31(15-13-30)27(33)21-8-9-24(26(17-21)34-3)32-11-10-28-18-25(32)23-16-20-6-4-5-7-22(20)29-23/h4-10,16-19,29H,11-15H2,1-3H3. The molecule has 34 heavy (non-hydrogen) atoms. The van der Waals surface area contributed by atoms with Crippen LogP contribution in [-0.2, 0) is 0 Å². The van der Waals surface area contributed by atoms with Gasteiger partial charge in [0, 0.05) is 54.9 Å². The maximum atomic E-state index is 13.2. The fourth-order valence-electron chi connectivity index (χ4n) is 4.73. The SMILES string of the molecule is COc1cc(C(=O)N2CCN(C(C)C)CC2)ccc1N1CC=NC=C1c1cc2ccccc2[nH]1. The number of hydrogen-bond donors (Lipinski definition) is 1. The molecule has 2 aromatic carbocycles. The summed E-state index contributed by atoms with van der Waals surface area (Å²) in [6, 6.07) is 16.6. The fraction of sp³-hybridized carbons (Fsp3) is 0.333. The summed E-state index contributed by atoms with van der Waals surface area (Å²) in [5.41, 5.74) is 4.59. The molecule has 0 bridgehead atoms. The summed E-state index contributed by atoms with van der Waals surface area (Å²) in [5, 5.41) is 1.15. The predicted octanol–water partition coefficient (Wildman–Crippen LogP) is 4.23. The van der Waals surface area contributed by atoms with Crippen molar-refractivity contribution in [2.75, 3.05) is 44.7 Å². The van der Waals surface area contributed by atoms with Gasteiger partial charge in [-0.2, -0.15) is 0 Å². The van der Waals surface area contributed by atoms with E-state index in [2.05, 4.69) is 51.8 Å². The smallest absolute Gasteiger partial charge is 0.254 e. The number of carbonyl (C=O) groups is 1. The molecule has 2 aliphatic rings. The fourth-order valence-corrected chi connectivity index (χ4v) is 4.73. The number of nitrogens with zero attached hydrogens (tertiary/aromatic N) is 4. The van der Waals surface area contributed by atoms with E-state index in [-0.39, 0.29) is 5.91 Å². The van der Waals surface area contributed by atoms with Gasteiger partial charge in [0.05, 0.1) is 36.9 Å². The quantitative estimate of drug-likeness (QED) is 0.623. The monoisotopic (exact) mass is 457 g/mol. The number of nitrogens with one attached hydrogen (secondary N) is 1. The third-order valence-electron chi connectivity index (χ3n) is 6.71. The van der Waals surface area contributed by atoms with Crippen LogP contribution in [0.15, 0.2) is 59.7 Å². The van der Waals surface area contributed by atoms with Gasteiger partial charge < -0.3 is 19.5 Å². The van der Waals surface area contributed by atoms with Crippen molar-refractivity contribution < 1.29 is 9.53 Å². The lowest BCUT2D eigenvalue weighted by Crippen LogP contribution is -2.50. The predicted molar refractivity (Wildman–Crippen MR) is 138 cm³/mol. The molecule has 2 aliphatic heterocycles. The number of fused-ring (bicyclic) bond motifs is 1. The third kappa shape index (κ3) is 4.19. The number of aromatic amines is 1. The van der Waals surface area contributed by atoms with Crippen molar-refractivity contribution >= 4 is 34.4 Å². The highest BCUT2D eigenvalue weighted by atomic mass is 16.5. The molecule has 0 spiro atoms. The summed E-state index contributed by atoms with van der Waals surface area (Å²) in [6.07, 6.45) is 3.74. The number of piperazine rings is 1. The second-order valence-electron chi connectivity index (χ2n) is 9.04. The molecule has 1 N–H and O–H groups in total. The highest BCUT2D eigenvalue weighted by molar-refractivity contribution is 5.97. The number of amides is 1. The largest absolute Gasteiger partial charge is 0.495 e. The zero-order valence-corrected chi connectivity index (χ0v) is 20.0. The van der Waals surface area contributed by atoms with Crippen molar-refractivity contribution in [1.29, 1.82) is 0 Å². The van der Waals surface area contributed by atoms with Crippen molar-refractivity contribution in [1.82, 2.24) is 14.8 Å². The molecule has 1 aromatic heterocycles. The van der Waals surface area contributed by atoms with Gasteiger partial charge in [-0.15, -0.1) is 0 Å². The Kier molecular flexibility index (Phi) is 6.11. The minimum atomic E-state index is 0.0554. The lowest BCUT2D eigenvalue weighted by Gasteiger charge is -2.37. The molecule has 0 atom stereocenters. The molecule has 0 saturated carbocycles. The minimum Gasteiger partial charge on any atom is -0.495 e. The number of carbonyl (C=O) groups excluding carboxylic acids is 1. The molecule has 0 aliphatic carbocycles. The van der Waals surface area contributed by atoms with E-state index in [0.29, 0.717) is 23.9 Å². The zero-order chi connectivity index (χ0) is 23.7. The van der Waals surface area contributed by atoms with E-state index in [1.165, 1.54) is 0 Å². The van der Waals surface area contributed by atoms with Crippen molar-refractivity contribution in [2.24, 2.45) is 4.99 Å². The number of ether oxygens (including phenoxy) is 1. The summed E-state index contributed by atoms with van der Waals surface area (Å²) in [6.45, 7) is 8.32. The van der Waals surface area contributed by atoms with Crippen LogP contribution in [0.25, 0.3) is 16.6 Å². The lowest BCUT2D eigenvalue weighted by atomic mass is 10.1. The first-order valence-electron chi connectivity index (χ1n) is 11.8. The number of anilines is 1. The molecular formula is C27H31N5O2. The Hall–Kier alpha value is -3.58. The van der Waals surface area contributed by atoms with Gasteiger partial charge in [-0.25, -0.2) is 0 Å². The molecule has 0 unspecified atom stereocenters. The molecule has 5 rings (SSSR count). The van der Waals surface area contributed by atoms with Crippen LogP contribution in [0, 0.1) is 0 Å². The Morgan fingerprint density at radius 3 is 2.59 bits per heavy atom. The van der Waals surface area contributed by atoms with Gasteiger partial charge in [0.25, 0.3) is 5.91 Å². The Labute approximate surface area is 200 Å². The van der Waals surface area contributed by atoms with Crippen LogP contribution in [0.5, 0.6) is 5.75 Å². The first kappa shape index (κ1) is 22.2. The van der Waals surface area contributed by atoms with Gasteiger partial charge in [0.15, 0.2) is 0 Å². The summed E-state index contributed by atoms with van der Waals surface area (Å²) < 4.78 is 5.77. The van der Waals surface area contributed by atoms with Crippen LogP contribution < -0.4 is 9.64 Å². The summed E-state index contributed by atoms with van der Waals surface area (Å²) >= 11 is 0. The van der Waals surface area contributed by atoms with Gasteiger partial charge in [-0.05, 0) is 44.2 Å². The lowest BCUT2D eigenvalue weighted by molar-refractivity contribution is 0.0595. The maximum absolute atomic E-state index is 13.2. The number of H-pyrrole nitrogens is 1. The summed E-state index contributed by atoms with van der Waals surface area (Å²) in [5.74, 6) is 0.726. The number of para-hydroxylation sites is 1. The molecule has 7 nitrogen and oxygen atoms in total. The zero-order valence-electron chi connectivity index (χ0n) is 20.0. The first-order chi connectivity index (χ1) is 16.5. The molecule has 3 aromatic rings. The molecule has 176 valence electrons. The maximum Gasteiger partial charge on any atom is 0.254 e. The number of aliphatic imine (C=N–C) groups is 1. The minimum absolute atomic E-state index is 0.0554. The average molecular weight is 458 g/mol. The second kappa shape index (κ2) is 9.35. The van der Waals surface area contributed by atoms with E-state index in [1.54, 1.807) is 7.11 Å². The van der Waals surface area contributed by atoms with Crippen molar-refractivity contribution in [3.63, 3.8) is 0 Å². The van der Waals surface area contributed by atoms with Crippen LogP contribution >= 0.6 is 0 Å². The van der Waals surface area contributed by atoms with E-state index in [0.717, 1.165) is 54.2 Å². The van der Waals surface area contributed by atoms with Gasteiger partial charge in [-0.3, -0.25) is 14.7 Å². The van der Waals surface area contributed by atoms with Gasteiger partial charge in [0.2, 0.25) is 0 Å². The summed E-state index contributed by atoms with van der Waals surface area (Å²) in [4.78, 5) is 27.6. The molecule has 1 fully saturated rings. The van der Waals surface area contributed by atoms with Gasteiger partial charge >= 0.3 is 0 Å². The topological polar surface area (TPSA) is 64.2 Å². The molecule has 0 radical (unpaired) electrons. The Morgan fingerprint density at radius 1 is 1.06 bits per heavy atom.